The van der Waals surface area contributed by atoms with Gasteiger partial charge in [-0.15, -0.1) is 0 Å². The van der Waals surface area contributed by atoms with Crippen molar-refractivity contribution in [2.24, 2.45) is 0 Å². The first-order chi connectivity index (χ1) is 12.8. The summed E-state index contributed by atoms with van der Waals surface area (Å²) in [6.07, 6.45) is 0. The summed E-state index contributed by atoms with van der Waals surface area (Å²) < 4.78 is 11.1. The third-order valence-electron chi connectivity index (χ3n) is 3.47. The molecule has 0 amide bonds. The standard InChI is InChI=1S/C19H23NO3.C2H4O2/c1-15(19(21)22-13-12-20(2)3)16-8-7-11-18(14-16)23-17-9-5-4-6-10-17;1-2(3)4/h4-11,14-15H,12-13H2,1-3H3;1H3,(H,3,4). The highest BCUT2D eigenvalue weighted by Gasteiger charge is 2.17. The largest absolute Gasteiger partial charge is 0.481 e. The first-order valence-electron chi connectivity index (χ1n) is 8.63. The summed E-state index contributed by atoms with van der Waals surface area (Å²) in [7, 11) is 3.89. The maximum Gasteiger partial charge on any atom is 0.313 e. The number of ether oxygens (including phenoxy) is 2. The molecule has 1 atom stereocenters. The van der Waals surface area contributed by atoms with Crippen LogP contribution in [0.3, 0.4) is 0 Å². The van der Waals surface area contributed by atoms with E-state index in [9.17, 15) is 4.79 Å². The second-order valence-corrected chi connectivity index (χ2v) is 6.20. The van der Waals surface area contributed by atoms with Crippen LogP contribution in [0.15, 0.2) is 54.6 Å². The van der Waals surface area contributed by atoms with E-state index >= 15 is 0 Å². The lowest BCUT2D eigenvalue weighted by molar-refractivity contribution is -0.145. The predicted molar refractivity (Wildman–Crippen MR) is 104 cm³/mol. The summed E-state index contributed by atoms with van der Waals surface area (Å²) in [6.45, 7) is 4.05. The fraction of sp³-hybridized carbons (Fsp3) is 0.333. The van der Waals surface area contributed by atoms with E-state index < -0.39 is 5.97 Å². The van der Waals surface area contributed by atoms with Gasteiger partial charge in [0.2, 0.25) is 0 Å². The Bertz CT molecular complexity index is 712. The number of hydrogen-bond acceptors (Lipinski definition) is 5. The van der Waals surface area contributed by atoms with E-state index in [0.717, 1.165) is 24.8 Å². The minimum atomic E-state index is -0.833. The van der Waals surface area contributed by atoms with Gasteiger partial charge in [0.15, 0.2) is 0 Å². The number of esters is 1. The number of carboxylic acids is 1. The summed E-state index contributed by atoms with van der Waals surface area (Å²) in [4.78, 5) is 23.1. The van der Waals surface area contributed by atoms with E-state index in [1.165, 1.54) is 0 Å². The molecule has 2 aromatic rings. The summed E-state index contributed by atoms with van der Waals surface area (Å²) in [6, 6.07) is 17.1. The smallest absolute Gasteiger partial charge is 0.313 e. The molecule has 0 aromatic heterocycles. The molecule has 0 aliphatic rings. The van der Waals surface area contributed by atoms with Crippen molar-refractivity contribution < 1.29 is 24.2 Å². The lowest BCUT2D eigenvalue weighted by Gasteiger charge is -2.15. The SMILES string of the molecule is CC(=O)O.CC(C(=O)OCCN(C)C)c1cccc(Oc2ccccc2)c1. The first-order valence-corrected chi connectivity index (χ1v) is 8.63. The van der Waals surface area contributed by atoms with Gasteiger partial charge in [0.05, 0.1) is 5.92 Å². The second kappa shape index (κ2) is 11.7. The van der Waals surface area contributed by atoms with Crippen LogP contribution in [0, 0.1) is 0 Å². The molecule has 0 saturated carbocycles. The molecule has 0 heterocycles. The monoisotopic (exact) mass is 373 g/mol. The number of nitrogens with zero attached hydrogens (tertiary/aromatic N) is 1. The van der Waals surface area contributed by atoms with Crippen LogP contribution in [0.1, 0.15) is 25.3 Å². The number of rotatable bonds is 7. The molecule has 0 spiro atoms. The number of aliphatic carboxylic acids is 1. The molecule has 0 radical (unpaired) electrons. The van der Waals surface area contributed by atoms with Gasteiger partial charge in [0.25, 0.3) is 5.97 Å². The molecule has 1 unspecified atom stereocenters. The third-order valence-corrected chi connectivity index (χ3v) is 3.47. The molecule has 0 fully saturated rings. The highest BCUT2D eigenvalue weighted by molar-refractivity contribution is 5.77. The van der Waals surface area contributed by atoms with Crippen LogP contribution in [-0.2, 0) is 14.3 Å². The number of hydrogen-bond donors (Lipinski definition) is 1. The molecular weight excluding hydrogens is 346 g/mol. The zero-order valence-electron chi connectivity index (χ0n) is 16.2. The van der Waals surface area contributed by atoms with Crippen LogP contribution in [-0.4, -0.2) is 49.2 Å². The van der Waals surface area contributed by atoms with Gasteiger partial charge < -0.3 is 19.5 Å². The van der Waals surface area contributed by atoms with Crippen LogP contribution >= 0.6 is 0 Å². The van der Waals surface area contributed by atoms with E-state index in [4.69, 9.17) is 19.4 Å². The summed E-state index contributed by atoms with van der Waals surface area (Å²) >= 11 is 0. The minimum absolute atomic E-state index is 0.219. The van der Waals surface area contributed by atoms with Gasteiger partial charge in [-0.25, -0.2) is 0 Å². The van der Waals surface area contributed by atoms with E-state index in [0.29, 0.717) is 12.4 Å². The van der Waals surface area contributed by atoms with Gasteiger partial charge in [-0.05, 0) is 50.8 Å². The van der Waals surface area contributed by atoms with Crippen molar-refractivity contribution in [3.63, 3.8) is 0 Å². The van der Waals surface area contributed by atoms with Crippen molar-refractivity contribution in [3.8, 4) is 11.5 Å². The number of carboxylic acid groups (broad SMARTS) is 1. The van der Waals surface area contributed by atoms with Crippen molar-refractivity contribution in [1.29, 1.82) is 0 Å². The van der Waals surface area contributed by atoms with Crippen LogP contribution in [0.4, 0.5) is 0 Å². The van der Waals surface area contributed by atoms with Crippen LogP contribution in [0.25, 0.3) is 0 Å². The van der Waals surface area contributed by atoms with Crippen LogP contribution in [0.5, 0.6) is 11.5 Å². The molecule has 6 heteroatoms. The van der Waals surface area contributed by atoms with Crippen molar-refractivity contribution in [2.45, 2.75) is 19.8 Å². The number of benzene rings is 2. The highest BCUT2D eigenvalue weighted by atomic mass is 16.5. The minimum Gasteiger partial charge on any atom is -0.481 e. The Balaban J connectivity index is 0.000000828. The van der Waals surface area contributed by atoms with Gasteiger partial charge in [0, 0.05) is 13.5 Å². The number of likely N-dealkylation sites (N-methyl/N-ethyl adjacent to an activating group) is 1. The molecule has 1 N–H and O–H groups in total. The average molecular weight is 373 g/mol. The Morgan fingerprint density at radius 2 is 1.63 bits per heavy atom. The van der Waals surface area contributed by atoms with E-state index in [1.807, 2.05) is 80.5 Å². The first kappa shape index (κ1) is 22.2. The summed E-state index contributed by atoms with van der Waals surface area (Å²) in [5.41, 5.74) is 0.883. The Morgan fingerprint density at radius 3 is 2.22 bits per heavy atom. The topological polar surface area (TPSA) is 76.1 Å². The van der Waals surface area contributed by atoms with E-state index in [2.05, 4.69) is 0 Å². The highest BCUT2D eigenvalue weighted by Crippen LogP contribution is 2.25. The molecule has 146 valence electrons. The van der Waals surface area contributed by atoms with Crippen molar-refractivity contribution in [3.05, 3.63) is 60.2 Å². The maximum absolute atomic E-state index is 12.1. The molecule has 0 bridgehead atoms. The number of carbonyl (C=O) groups is 2. The molecule has 27 heavy (non-hydrogen) atoms. The molecule has 2 rings (SSSR count). The van der Waals surface area contributed by atoms with Gasteiger partial charge in [-0.1, -0.05) is 30.3 Å². The molecule has 0 saturated heterocycles. The molecule has 2 aromatic carbocycles. The zero-order valence-corrected chi connectivity index (χ0v) is 16.2. The Kier molecular flexibility index (Phi) is 9.61. The van der Waals surface area contributed by atoms with Gasteiger partial charge in [-0.2, -0.15) is 0 Å². The summed E-state index contributed by atoms with van der Waals surface area (Å²) in [5, 5.41) is 7.42. The van der Waals surface area contributed by atoms with Gasteiger partial charge in [-0.3, -0.25) is 9.59 Å². The van der Waals surface area contributed by atoms with Crippen molar-refractivity contribution in [2.75, 3.05) is 27.2 Å². The molecule has 6 nitrogen and oxygen atoms in total. The Morgan fingerprint density at radius 1 is 1.04 bits per heavy atom. The zero-order chi connectivity index (χ0) is 20.2. The van der Waals surface area contributed by atoms with E-state index in [-0.39, 0.29) is 11.9 Å². The fourth-order valence-electron chi connectivity index (χ4n) is 2.06. The molecular formula is C21H27NO5. The normalized spacial score (nSPS) is 11.1. The van der Waals surface area contributed by atoms with Gasteiger partial charge in [0.1, 0.15) is 18.1 Å². The maximum atomic E-state index is 12.1. The lowest BCUT2D eigenvalue weighted by Crippen LogP contribution is -2.22. The number of carbonyl (C=O) groups excluding carboxylic acids is 1. The van der Waals surface area contributed by atoms with E-state index in [1.54, 1.807) is 0 Å². The third kappa shape index (κ3) is 9.42. The predicted octanol–water partition coefficient (Wildman–Crippen LogP) is 3.78. The molecule has 0 aliphatic carbocycles. The van der Waals surface area contributed by atoms with Crippen LogP contribution < -0.4 is 4.74 Å². The Hall–Kier alpha value is -2.86. The van der Waals surface area contributed by atoms with Crippen molar-refractivity contribution in [1.82, 2.24) is 4.90 Å². The molecule has 0 aliphatic heterocycles. The fourth-order valence-corrected chi connectivity index (χ4v) is 2.06. The quantitative estimate of drug-likeness (QED) is 0.745. The van der Waals surface area contributed by atoms with Crippen LogP contribution in [0.2, 0.25) is 0 Å². The number of para-hydroxylation sites is 1. The second-order valence-electron chi connectivity index (χ2n) is 6.20. The lowest BCUT2D eigenvalue weighted by atomic mass is 10.0. The summed E-state index contributed by atoms with van der Waals surface area (Å²) in [5.74, 6) is 0.104. The average Bonchev–Trinajstić information content (AvgIpc) is 2.61. The Labute approximate surface area is 160 Å². The van der Waals surface area contributed by atoms with Gasteiger partial charge >= 0.3 is 5.97 Å². The van der Waals surface area contributed by atoms with Crippen molar-refractivity contribution >= 4 is 11.9 Å².